The van der Waals surface area contributed by atoms with Gasteiger partial charge in [0, 0.05) is 31.6 Å². The summed E-state index contributed by atoms with van der Waals surface area (Å²) in [6.07, 6.45) is 5.48. The molecule has 1 aromatic heterocycles. The third-order valence-corrected chi connectivity index (χ3v) is 7.30. The lowest BCUT2D eigenvalue weighted by molar-refractivity contribution is 0.0815. The Morgan fingerprint density at radius 3 is 2.88 bits per heavy atom. The average molecular weight is 411 g/mol. The van der Waals surface area contributed by atoms with Crippen LogP contribution in [0.15, 0.2) is 16.7 Å². The van der Waals surface area contributed by atoms with Crippen LogP contribution in [0.5, 0.6) is 0 Å². The lowest BCUT2D eigenvalue weighted by atomic mass is 9.88. The first-order valence-corrected chi connectivity index (χ1v) is 13.2. The number of ether oxygens (including phenoxy) is 2. The molecule has 0 N–H and O–H groups in total. The van der Waals surface area contributed by atoms with Gasteiger partial charge in [0.25, 0.3) is 0 Å². The number of aromatic nitrogens is 2. The van der Waals surface area contributed by atoms with Crippen molar-refractivity contribution in [2.24, 2.45) is 0 Å². The molecule has 1 heterocycles. The Morgan fingerprint density at radius 1 is 1.38 bits per heavy atom. The molecule has 24 heavy (non-hydrogen) atoms. The van der Waals surface area contributed by atoms with E-state index in [-0.39, 0.29) is 6.10 Å². The summed E-state index contributed by atoms with van der Waals surface area (Å²) in [6, 6.07) is 3.45. The van der Waals surface area contributed by atoms with E-state index < -0.39 is 8.07 Å². The van der Waals surface area contributed by atoms with Crippen LogP contribution in [0, 0.1) is 0 Å². The molecular weight excluding hydrogens is 384 g/mol. The first-order valence-electron chi connectivity index (χ1n) is 8.68. The molecule has 0 amide bonds. The summed E-state index contributed by atoms with van der Waals surface area (Å²) in [7, 11) is 0.748. The lowest BCUT2D eigenvalue weighted by Gasteiger charge is -2.26. The number of methoxy groups -OCH3 is 1. The van der Waals surface area contributed by atoms with Gasteiger partial charge < -0.3 is 9.47 Å². The molecule has 1 atom stereocenters. The van der Waals surface area contributed by atoms with E-state index in [0.29, 0.717) is 6.73 Å². The third kappa shape index (κ3) is 3.77. The van der Waals surface area contributed by atoms with E-state index >= 15 is 0 Å². The molecule has 0 radical (unpaired) electrons. The zero-order chi connectivity index (χ0) is 17.3. The average Bonchev–Trinajstić information content (AvgIpc) is 2.93. The minimum Gasteiger partial charge on any atom is -0.377 e. The van der Waals surface area contributed by atoms with Crippen molar-refractivity contribution in [3.63, 3.8) is 0 Å². The monoisotopic (exact) mass is 410 g/mol. The Kier molecular flexibility index (Phi) is 5.49. The maximum atomic E-state index is 5.88. The van der Waals surface area contributed by atoms with Crippen LogP contribution in [-0.4, -0.2) is 31.6 Å². The fraction of sp³-hybridized carbons (Fsp3) is 0.611. The van der Waals surface area contributed by atoms with Crippen molar-refractivity contribution >= 4 is 34.9 Å². The van der Waals surface area contributed by atoms with Gasteiger partial charge in [0.15, 0.2) is 0 Å². The minimum absolute atomic E-state index is 0.184. The zero-order valence-corrected chi connectivity index (χ0v) is 17.6. The van der Waals surface area contributed by atoms with Gasteiger partial charge in [-0.2, -0.15) is 5.10 Å². The smallest absolute Gasteiger partial charge is 0.139 e. The zero-order valence-electron chi connectivity index (χ0n) is 15.1. The Balaban J connectivity index is 1.83. The molecule has 1 aliphatic carbocycles. The van der Waals surface area contributed by atoms with Crippen molar-refractivity contribution in [3.8, 4) is 0 Å². The summed E-state index contributed by atoms with van der Waals surface area (Å²) in [5.41, 5.74) is 3.82. The van der Waals surface area contributed by atoms with Gasteiger partial charge in [-0.1, -0.05) is 19.6 Å². The number of nitrogens with zero attached hydrogens (tertiary/aromatic N) is 2. The molecule has 0 aliphatic heterocycles. The molecule has 4 nitrogen and oxygen atoms in total. The Morgan fingerprint density at radius 2 is 2.17 bits per heavy atom. The summed E-state index contributed by atoms with van der Waals surface area (Å²) in [4.78, 5) is 0. The summed E-state index contributed by atoms with van der Waals surface area (Å²) in [5, 5.41) is 5.69. The first-order chi connectivity index (χ1) is 11.4. The largest absolute Gasteiger partial charge is 0.377 e. The molecule has 0 fully saturated rings. The highest BCUT2D eigenvalue weighted by Crippen LogP contribution is 2.41. The summed E-state index contributed by atoms with van der Waals surface area (Å²) in [6.45, 7) is 8.45. The number of halogens is 1. The molecule has 0 saturated carbocycles. The van der Waals surface area contributed by atoms with Crippen LogP contribution in [0.4, 0.5) is 0 Å². The molecule has 1 aliphatic rings. The van der Waals surface area contributed by atoms with Gasteiger partial charge in [-0.3, -0.25) is 0 Å². The van der Waals surface area contributed by atoms with Gasteiger partial charge in [0.1, 0.15) is 6.73 Å². The second kappa shape index (κ2) is 7.28. The third-order valence-electron chi connectivity index (χ3n) is 4.74. The van der Waals surface area contributed by atoms with Crippen molar-refractivity contribution in [1.29, 1.82) is 0 Å². The molecule has 3 rings (SSSR count). The van der Waals surface area contributed by atoms with Crippen LogP contribution in [0.1, 0.15) is 30.1 Å². The normalized spacial score (nSPS) is 18.1. The van der Waals surface area contributed by atoms with E-state index in [9.17, 15) is 0 Å². The predicted molar refractivity (Wildman–Crippen MR) is 104 cm³/mol. The van der Waals surface area contributed by atoms with Gasteiger partial charge in [-0.05, 0) is 58.4 Å². The number of rotatable bonds is 6. The maximum Gasteiger partial charge on any atom is 0.139 e. The number of aryl methyl sites for hydroxylation is 1. The van der Waals surface area contributed by atoms with Gasteiger partial charge >= 0.3 is 0 Å². The lowest BCUT2D eigenvalue weighted by Crippen LogP contribution is -2.22. The molecule has 132 valence electrons. The molecular formula is C18H27BrN2O2Si. The SMILES string of the molecule is CO[C@@H]1CCCc2cc3c(cnn3COCC[Si](C)(C)C)c(Br)c21. The molecule has 6 heteroatoms. The molecule has 0 spiro atoms. The fourth-order valence-corrected chi connectivity index (χ4v) is 4.86. The van der Waals surface area contributed by atoms with Crippen molar-refractivity contribution in [2.45, 2.75) is 57.8 Å². The van der Waals surface area contributed by atoms with Crippen LogP contribution in [-0.2, 0) is 22.6 Å². The van der Waals surface area contributed by atoms with E-state index in [0.717, 1.165) is 34.8 Å². The van der Waals surface area contributed by atoms with Crippen molar-refractivity contribution < 1.29 is 9.47 Å². The number of hydrogen-bond donors (Lipinski definition) is 0. The first kappa shape index (κ1) is 18.1. The molecule has 0 saturated heterocycles. The molecule has 0 bridgehead atoms. The van der Waals surface area contributed by atoms with Crippen molar-refractivity contribution in [1.82, 2.24) is 9.78 Å². The Hall–Kier alpha value is -0.693. The van der Waals surface area contributed by atoms with Crippen LogP contribution >= 0.6 is 15.9 Å². The van der Waals surface area contributed by atoms with Gasteiger partial charge in [-0.15, -0.1) is 0 Å². The highest BCUT2D eigenvalue weighted by molar-refractivity contribution is 9.10. The van der Waals surface area contributed by atoms with Gasteiger partial charge in [0.2, 0.25) is 0 Å². The van der Waals surface area contributed by atoms with Crippen LogP contribution in [0.2, 0.25) is 25.7 Å². The quantitative estimate of drug-likeness (QED) is 0.488. The number of hydrogen-bond acceptors (Lipinski definition) is 3. The van der Waals surface area contributed by atoms with Crippen LogP contribution < -0.4 is 0 Å². The summed E-state index contributed by atoms with van der Waals surface area (Å²) < 4.78 is 14.7. The van der Waals surface area contributed by atoms with Crippen LogP contribution in [0.3, 0.4) is 0 Å². The number of fused-ring (bicyclic) bond motifs is 2. The Labute approximate surface area is 153 Å². The van der Waals surface area contributed by atoms with Gasteiger partial charge in [0.05, 0.1) is 17.8 Å². The molecule has 1 aromatic carbocycles. The standard InChI is InChI=1S/C18H27BrN2O2Si/c1-22-16-7-5-6-13-10-15-14(18(19)17(13)16)11-20-21(15)12-23-8-9-24(2,3)4/h10-11,16H,5-9,12H2,1-4H3/t16-/m1/s1. The molecule has 0 unspecified atom stereocenters. The number of benzene rings is 1. The molecule has 2 aromatic rings. The summed E-state index contributed by atoms with van der Waals surface area (Å²) >= 11 is 3.80. The topological polar surface area (TPSA) is 36.3 Å². The Bertz CT molecular complexity index is 724. The second-order valence-corrected chi connectivity index (χ2v) is 14.2. The predicted octanol–water partition coefficient (Wildman–Crippen LogP) is 5.13. The van der Waals surface area contributed by atoms with E-state index in [1.807, 2.05) is 10.9 Å². The van der Waals surface area contributed by atoms with E-state index in [4.69, 9.17) is 9.47 Å². The van der Waals surface area contributed by atoms with Gasteiger partial charge in [-0.25, -0.2) is 4.68 Å². The van der Waals surface area contributed by atoms with E-state index in [2.05, 4.69) is 46.7 Å². The second-order valence-electron chi connectivity index (χ2n) is 7.80. The van der Waals surface area contributed by atoms with Crippen molar-refractivity contribution in [2.75, 3.05) is 13.7 Å². The van der Waals surface area contributed by atoms with E-state index in [1.54, 1.807) is 7.11 Å². The van der Waals surface area contributed by atoms with Crippen molar-refractivity contribution in [3.05, 3.63) is 27.9 Å². The summed E-state index contributed by atoms with van der Waals surface area (Å²) in [5.74, 6) is 0. The maximum absolute atomic E-state index is 5.88. The highest BCUT2D eigenvalue weighted by atomic mass is 79.9. The van der Waals surface area contributed by atoms with E-state index in [1.165, 1.54) is 23.6 Å². The van der Waals surface area contributed by atoms with Crippen LogP contribution in [0.25, 0.3) is 10.9 Å². The minimum atomic E-state index is -1.05. The highest BCUT2D eigenvalue weighted by Gasteiger charge is 2.25. The fourth-order valence-electron chi connectivity index (χ4n) is 3.29.